The number of rotatable bonds is 6. The van der Waals surface area contributed by atoms with E-state index < -0.39 is 0 Å². The number of aromatic nitrogens is 1. The Morgan fingerprint density at radius 1 is 1.27 bits per heavy atom. The van der Waals surface area contributed by atoms with Gasteiger partial charge in [-0.05, 0) is 18.6 Å². The van der Waals surface area contributed by atoms with Crippen molar-refractivity contribution < 1.29 is 9.53 Å². The fourth-order valence-corrected chi connectivity index (χ4v) is 2.16. The number of amides is 1. The Hall–Kier alpha value is -2.06. The molecule has 0 radical (unpaired) electrons. The molecule has 22 heavy (non-hydrogen) atoms. The predicted molar refractivity (Wildman–Crippen MR) is 91.1 cm³/mol. The summed E-state index contributed by atoms with van der Waals surface area (Å²) in [5, 5.41) is 4.61. The summed E-state index contributed by atoms with van der Waals surface area (Å²) < 4.78 is 5.64. The van der Waals surface area contributed by atoms with Crippen LogP contribution >= 0.6 is 15.9 Å². The van der Waals surface area contributed by atoms with Gasteiger partial charge in [-0.25, -0.2) is 0 Å². The van der Waals surface area contributed by atoms with Gasteiger partial charge in [-0.3, -0.25) is 9.78 Å². The van der Waals surface area contributed by atoms with E-state index >= 15 is 0 Å². The van der Waals surface area contributed by atoms with Crippen LogP contribution in [0, 0.1) is 11.8 Å². The summed E-state index contributed by atoms with van der Waals surface area (Å²) in [6.45, 7) is 0.616. The van der Waals surface area contributed by atoms with Gasteiger partial charge in [0.1, 0.15) is 17.9 Å². The van der Waals surface area contributed by atoms with Crippen LogP contribution in [0.1, 0.15) is 12.8 Å². The lowest BCUT2D eigenvalue weighted by Crippen LogP contribution is -2.23. The molecule has 0 bridgehead atoms. The number of hydrogen-bond donors (Lipinski definition) is 1. The largest absolute Gasteiger partial charge is 0.479 e. The van der Waals surface area contributed by atoms with Gasteiger partial charge >= 0.3 is 0 Å². The molecule has 1 aromatic carbocycles. The molecule has 114 valence electrons. The van der Waals surface area contributed by atoms with Crippen molar-refractivity contribution in [2.24, 2.45) is 0 Å². The van der Waals surface area contributed by atoms with Crippen LogP contribution in [0.15, 0.2) is 36.5 Å². The van der Waals surface area contributed by atoms with Gasteiger partial charge in [-0.1, -0.05) is 46.0 Å². The molecule has 1 aromatic heterocycles. The highest BCUT2D eigenvalue weighted by atomic mass is 79.9. The van der Waals surface area contributed by atoms with Crippen molar-refractivity contribution in [3.8, 4) is 17.6 Å². The molecule has 1 N–H and O–H groups in total. The number of carbonyl (C=O) groups is 1. The molecule has 0 saturated heterocycles. The molecule has 5 heteroatoms. The number of hydrogen-bond acceptors (Lipinski definition) is 3. The van der Waals surface area contributed by atoms with E-state index in [0.29, 0.717) is 18.7 Å². The molecule has 0 aliphatic heterocycles. The van der Waals surface area contributed by atoms with Crippen molar-refractivity contribution in [3.05, 3.63) is 36.5 Å². The number of benzene rings is 1. The van der Waals surface area contributed by atoms with Gasteiger partial charge in [0, 0.05) is 23.3 Å². The van der Waals surface area contributed by atoms with Gasteiger partial charge < -0.3 is 10.1 Å². The van der Waals surface area contributed by atoms with Gasteiger partial charge in [0.15, 0.2) is 0 Å². The van der Waals surface area contributed by atoms with Gasteiger partial charge in [0.25, 0.3) is 0 Å². The number of para-hydroxylation sites is 1. The summed E-state index contributed by atoms with van der Waals surface area (Å²) in [7, 11) is 0. The first-order valence-electron chi connectivity index (χ1n) is 7.06. The third-order valence-electron chi connectivity index (χ3n) is 2.93. The molecule has 0 spiro atoms. The van der Waals surface area contributed by atoms with Gasteiger partial charge in [-0.15, -0.1) is 0 Å². The second kappa shape index (κ2) is 9.06. The number of fused-ring (bicyclic) bond motifs is 1. The summed E-state index contributed by atoms with van der Waals surface area (Å²) in [5.74, 6) is 6.50. The first-order valence-corrected chi connectivity index (χ1v) is 8.18. The van der Waals surface area contributed by atoms with E-state index in [2.05, 4.69) is 38.1 Å². The summed E-state index contributed by atoms with van der Waals surface area (Å²) >= 11 is 3.29. The van der Waals surface area contributed by atoms with Crippen LogP contribution in [0.5, 0.6) is 5.75 Å². The SMILES string of the molecule is O=C(CCCBr)NCC#CCOc1cccc2cccnc12. The Labute approximate surface area is 138 Å². The monoisotopic (exact) mass is 360 g/mol. The third-order valence-corrected chi connectivity index (χ3v) is 3.49. The number of pyridine rings is 1. The molecule has 0 aliphatic rings. The Kier molecular flexibility index (Phi) is 6.72. The lowest BCUT2D eigenvalue weighted by Gasteiger charge is -2.05. The van der Waals surface area contributed by atoms with Crippen LogP contribution in [0.4, 0.5) is 0 Å². The summed E-state index contributed by atoms with van der Waals surface area (Å²) in [4.78, 5) is 15.7. The first kappa shape index (κ1) is 16.3. The van der Waals surface area contributed by atoms with E-state index in [4.69, 9.17) is 4.74 Å². The summed E-state index contributed by atoms with van der Waals surface area (Å²) in [6, 6.07) is 9.67. The maximum Gasteiger partial charge on any atom is 0.220 e. The number of halogens is 1. The molecule has 0 aliphatic carbocycles. The van der Waals surface area contributed by atoms with Crippen molar-refractivity contribution >= 4 is 32.7 Å². The topological polar surface area (TPSA) is 51.2 Å². The molecule has 2 aromatic rings. The maximum absolute atomic E-state index is 11.4. The van der Waals surface area contributed by atoms with Crippen LogP contribution in [0.25, 0.3) is 10.9 Å². The second-order valence-electron chi connectivity index (χ2n) is 4.54. The standard InChI is InChI=1S/C17H17BrN2O2/c18-10-4-9-16(21)19-11-1-2-13-22-15-8-3-6-14-7-5-12-20-17(14)15/h3,5-8,12H,4,9-11,13H2,(H,19,21). The lowest BCUT2D eigenvalue weighted by molar-refractivity contribution is -0.120. The summed E-state index contributed by atoms with van der Waals surface area (Å²) in [6.07, 6.45) is 3.09. The third kappa shape index (κ3) is 5.05. The van der Waals surface area contributed by atoms with Crippen LogP contribution < -0.4 is 10.1 Å². The van der Waals surface area contributed by atoms with Crippen LogP contribution in [-0.4, -0.2) is 29.4 Å². The van der Waals surface area contributed by atoms with E-state index in [9.17, 15) is 4.79 Å². The van der Waals surface area contributed by atoms with Crippen LogP contribution in [-0.2, 0) is 4.79 Å². The Bertz CT molecular complexity index is 686. The zero-order valence-electron chi connectivity index (χ0n) is 12.1. The highest BCUT2D eigenvalue weighted by Gasteiger charge is 2.01. The lowest BCUT2D eigenvalue weighted by atomic mass is 10.2. The zero-order chi connectivity index (χ0) is 15.6. The summed E-state index contributed by atoms with van der Waals surface area (Å²) in [5.41, 5.74) is 0.829. The maximum atomic E-state index is 11.4. The second-order valence-corrected chi connectivity index (χ2v) is 5.34. The highest BCUT2D eigenvalue weighted by Crippen LogP contribution is 2.22. The number of alkyl halides is 1. The van der Waals surface area contributed by atoms with Crippen LogP contribution in [0.3, 0.4) is 0 Å². The highest BCUT2D eigenvalue weighted by molar-refractivity contribution is 9.09. The minimum atomic E-state index is 0.0212. The molecule has 1 amide bonds. The molecule has 0 fully saturated rings. The molecule has 0 atom stereocenters. The molecule has 4 nitrogen and oxygen atoms in total. The van der Waals surface area contributed by atoms with Crippen molar-refractivity contribution in [1.29, 1.82) is 0 Å². The molecule has 0 unspecified atom stereocenters. The Morgan fingerprint density at radius 2 is 2.14 bits per heavy atom. The average molecular weight is 361 g/mol. The minimum Gasteiger partial charge on any atom is -0.479 e. The fourth-order valence-electron chi connectivity index (χ4n) is 1.88. The van der Waals surface area contributed by atoms with Gasteiger partial charge in [-0.2, -0.15) is 0 Å². The molecular weight excluding hydrogens is 344 g/mol. The van der Waals surface area contributed by atoms with E-state index in [1.807, 2.05) is 30.3 Å². The van der Waals surface area contributed by atoms with E-state index in [1.165, 1.54) is 0 Å². The predicted octanol–water partition coefficient (Wildman–Crippen LogP) is 2.91. The molecule has 2 rings (SSSR count). The van der Waals surface area contributed by atoms with E-state index in [-0.39, 0.29) is 12.5 Å². The van der Waals surface area contributed by atoms with Crippen LogP contribution in [0.2, 0.25) is 0 Å². The molecular formula is C17H17BrN2O2. The number of nitrogens with one attached hydrogen (secondary N) is 1. The smallest absolute Gasteiger partial charge is 0.220 e. The van der Waals surface area contributed by atoms with Crippen molar-refractivity contribution in [1.82, 2.24) is 10.3 Å². The quantitative estimate of drug-likeness (QED) is 0.636. The van der Waals surface area contributed by atoms with Gasteiger partial charge in [0.05, 0.1) is 6.54 Å². The van der Waals surface area contributed by atoms with Gasteiger partial charge in [0.2, 0.25) is 5.91 Å². The average Bonchev–Trinajstić information content (AvgIpc) is 2.56. The van der Waals surface area contributed by atoms with E-state index in [1.54, 1.807) is 6.20 Å². The molecule has 1 heterocycles. The van der Waals surface area contributed by atoms with Crippen molar-refractivity contribution in [2.75, 3.05) is 18.5 Å². The number of nitrogens with zero attached hydrogens (tertiary/aromatic N) is 1. The Morgan fingerprint density at radius 3 is 3.00 bits per heavy atom. The fraction of sp³-hybridized carbons (Fsp3) is 0.294. The van der Waals surface area contributed by atoms with E-state index in [0.717, 1.165) is 22.7 Å². The van der Waals surface area contributed by atoms with Crippen molar-refractivity contribution in [2.45, 2.75) is 12.8 Å². The van der Waals surface area contributed by atoms with Crippen molar-refractivity contribution in [3.63, 3.8) is 0 Å². The first-order chi connectivity index (χ1) is 10.8. The minimum absolute atomic E-state index is 0.0212. The Balaban J connectivity index is 1.79. The number of ether oxygens (including phenoxy) is 1. The zero-order valence-corrected chi connectivity index (χ0v) is 13.7. The normalized spacial score (nSPS) is 9.86. The number of carbonyl (C=O) groups excluding carboxylic acids is 1. The molecule has 0 saturated carbocycles.